The van der Waals surface area contributed by atoms with Crippen LogP contribution in [0.25, 0.3) is 0 Å². The molecule has 0 unspecified atom stereocenters. The van der Waals surface area contributed by atoms with Crippen molar-refractivity contribution in [1.82, 2.24) is 10.9 Å². The van der Waals surface area contributed by atoms with Crippen molar-refractivity contribution in [2.24, 2.45) is 10.2 Å². The van der Waals surface area contributed by atoms with Gasteiger partial charge < -0.3 is 5.11 Å². The molecule has 0 bridgehead atoms. The van der Waals surface area contributed by atoms with Gasteiger partial charge in [0.25, 0.3) is 0 Å². The fourth-order valence-electron chi connectivity index (χ4n) is 1.70. The summed E-state index contributed by atoms with van der Waals surface area (Å²) in [5, 5.41) is 17.9. The molecular weight excluding hydrogens is 296 g/mol. The average Bonchev–Trinajstić information content (AvgIpc) is 2.40. The van der Waals surface area contributed by atoms with Gasteiger partial charge in [-0.05, 0) is 23.1 Å². The maximum atomic E-state index is 10.9. The quantitative estimate of drug-likeness (QED) is 0.580. The zero-order valence-corrected chi connectivity index (χ0v) is 14.0. The number of hydrogen-bond acceptors (Lipinski definition) is 5. The van der Waals surface area contributed by atoms with Gasteiger partial charge in [0.2, 0.25) is 11.8 Å². The van der Waals surface area contributed by atoms with Crippen molar-refractivity contribution in [3.8, 4) is 5.75 Å². The minimum atomic E-state index is -0.305. The second-order valence-corrected chi connectivity index (χ2v) is 6.11. The van der Waals surface area contributed by atoms with E-state index in [9.17, 15) is 14.7 Å². The summed E-state index contributed by atoms with van der Waals surface area (Å²) in [5.41, 5.74) is 6.23. The van der Waals surface area contributed by atoms with E-state index < -0.39 is 0 Å². The van der Waals surface area contributed by atoms with Crippen molar-refractivity contribution < 1.29 is 14.7 Å². The summed E-state index contributed by atoms with van der Waals surface area (Å²) < 4.78 is 0. The highest BCUT2D eigenvalue weighted by atomic mass is 16.3. The van der Waals surface area contributed by atoms with E-state index in [1.165, 1.54) is 26.3 Å². The zero-order valence-electron chi connectivity index (χ0n) is 14.0. The van der Waals surface area contributed by atoms with Crippen LogP contribution in [0.3, 0.4) is 0 Å². The second kappa shape index (κ2) is 7.53. The third kappa shape index (κ3) is 5.90. The van der Waals surface area contributed by atoms with Crippen molar-refractivity contribution >= 4 is 24.2 Å². The Morgan fingerprint density at radius 3 is 1.70 bits per heavy atom. The third-order valence-electron chi connectivity index (χ3n) is 2.89. The Morgan fingerprint density at radius 2 is 1.39 bits per heavy atom. The smallest absolute Gasteiger partial charge is 0.236 e. The molecule has 0 aromatic heterocycles. The lowest BCUT2D eigenvalue weighted by Crippen LogP contribution is -2.15. The first-order chi connectivity index (χ1) is 10.6. The molecule has 1 aromatic carbocycles. The van der Waals surface area contributed by atoms with Crippen molar-refractivity contribution in [1.29, 1.82) is 0 Å². The molecule has 7 heteroatoms. The first kappa shape index (κ1) is 18.3. The monoisotopic (exact) mass is 318 g/mol. The lowest BCUT2D eigenvalue weighted by atomic mass is 9.85. The fourth-order valence-corrected chi connectivity index (χ4v) is 1.70. The SMILES string of the molecule is CC(=O)N/N=C/c1cc(C(C)(C)C)cc(/C=N/NC(C)=O)c1O. The highest BCUT2D eigenvalue weighted by Crippen LogP contribution is 2.29. The van der Waals surface area contributed by atoms with Gasteiger partial charge in [-0.25, -0.2) is 10.9 Å². The summed E-state index contributed by atoms with van der Waals surface area (Å²) in [6.07, 6.45) is 2.73. The van der Waals surface area contributed by atoms with E-state index in [2.05, 4.69) is 21.1 Å². The minimum Gasteiger partial charge on any atom is -0.507 e. The fraction of sp³-hybridized carbons (Fsp3) is 0.375. The predicted octanol–water partition coefficient (Wildman–Crippen LogP) is 1.63. The van der Waals surface area contributed by atoms with E-state index >= 15 is 0 Å². The van der Waals surface area contributed by atoms with Crippen molar-refractivity contribution in [2.75, 3.05) is 0 Å². The first-order valence-corrected chi connectivity index (χ1v) is 7.08. The molecule has 0 aliphatic rings. The Balaban J connectivity index is 3.28. The van der Waals surface area contributed by atoms with Crippen LogP contribution in [0.4, 0.5) is 0 Å². The largest absolute Gasteiger partial charge is 0.507 e. The van der Waals surface area contributed by atoms with Crippen LogP contribution < -0.4 is 10.9 Å². The van der Waals surface area contributed by atoms with Crippen LogP contribution in [0, 0.1) is 0 Å². The molecule has 0 saturated carbocycles. The molecule has 0 spiro atoms. The van der Waals surface area contributed by atoms with Crippen LogP contribution in [0.15, 0.2) is 22.3 Å². The average molecular weight is 318 g/mol. The van der Waals surface area contributed by atoms with Crippen LogP contribution in [0.2, 0.25) is 0 Å². The van der Waals surface area contributed by atoms with Crippen LogP contribution >= 0.6 is 0 Å². The van der Waals surface area contributed by atoms with Gasteiger partial charge in [-0.15, -0.1) is 0 Å². The molecular formula is C16H22N4O3. The summed E-state index contributed by atoms with van der Waals surface area (Å²) in [7, 11) is 0. The van der Waals surface area contributed by atoms with Crippen molar-refractivity contribution in [3.05, 3.63) is 28.8 Å². The van der Waals surface area contributed by atoms with E-state index in [0.717, 1.165) is 5.56 Å². The molecule has 0 heterocycles. The maximum absolute atomic E-state index is 10.9. The standard InChI is InChI=1S/C16H22N4O3/c1-10(21)19-17-8-12-6-14(16(3,4)5)7-13(15(12)23)9-18-20-11(2)22/h6-9,23H,1-5H3,(H,19,21)(H,20,22)/b17-8+,18-9+. The molecule has 2 amide bonds. The molecule has 0 aliphatic heterocycles. The van der Waals surface area contributed by atoms with Crippen LogP contribution in [0.1, 0.15) is 51.3 Å². The predicted molar refractivity (Wildman–Crippen MR) is 89.6 cm³/mol. The number of rotatable bonds is 4. The molecule has 0 atom stereocenters. The van der Waals surface area contributed by atoms with Gasteiger partial charge in [-0.3, -0.25) is 9.59 Å². The lowest BCUT2D eigenvalue weighted by Gasteiger charge is -2.21. The molecule has 1 rings (SSSR count). The van der Waals surface area contributed by atoms with Crippen molar-refractivity contribution in [3.63, 3.8) is 0 Å². The number of nitrogens with one attached hydrogen (secondary N) is 2. The third-order valence-corrected chi connectivity index (χ3v) is 2.89. The summed E-state index contributed by atoms with van der Waals surface area (Å²) in [6.45, 7) is 8.77. The first-order valence-electron chi connectivity index (χ1n) is 7.08. The zero-order chi connectivity index (χ0) is 17.6. The molecule has 23 heavy (non-hydrogen) atoms. The molecule has 3 N–H and O–H groups in total. The van der Waals surface area contributed by atoms with Gasteiger partial charge in [0.15, 0.2) is 0 Å². The van der Waals surface area contributed by atoms with Gasteiger partial charge >= 0.3 is 0 Å². The van der Waals surface area contributed by atoms with E-state index in [-0.39, 0.29) is 23.0 Å². The van der Waals surface area contributed by atoms with Gasteiger partial charge in [-0.1, -0.05) is 20.8 Å². The van der Waals surface area contributed by atoms with Crippen LogP contribution in [0.5, 0.6) is 5.75 Å². The van der Waals surface area contributed by atoms with Gasteiger partial charge in [-0.2, -0.15) is 10.2 Å². The molecule has 124 valence electrons. The Kier molecular flexibility index (Phi) is 6.01. The Bertz CT molecular complexity index is 611. The number of aromatic hydroxyl groups is 1. The normalized spacial score (nSPS) is 11.9. The number of nitrogens with zero attached hydrogens (tertiary/aromatic N) is 2. The summed E-state index contributed by atoms with van der Waals surface area (Å²) in [6, 6.07) is 3.58. The number of hydrogen-bond donors (Lipinski definition) is 3. The highest BCUT2D eigenvalue weighted by Gasteiger charge is 2.17. The van der Waals surface area contributed by atoms with E-state index in [4.69, 9.17) is 0 Å². The van der Waals surface area contributed by atoms with Crippen LogP contribution in [-0.2, 0) is 15.0 Å². The number of hydrazone groups is 2. The number of phenols is 1. The van der Waals surface area contributed by atoms with Gasteiger partial charge in [0.1, 0.15) is 5.75 Å². The number of carbonyl (C=O) groups excluding carboxylic acids is 2. The van der Waals surface area contributed by atoms with E-state index in [1.54, 1.807) is 12.1 Å². The van der Waals surface area contributed by atoms with E-state index in [0.29, 0.717) is 11.1 Å². The molecule has 0 saturated heterocycles. The number of carbonyl (C=O) groups is 2. The van der Waals surface area contributed by atoms with Crippen molar-refractivity contribution in [2.45, 2.75) is 40.0 Å². The molecule has 1 aromatic rings. The van der Waals surface area contributed by atoms with Gasteiger partial charge in [0, 0.05) is 25.0 Å². The maximum Gasteiger partial charge on any atom is 0.236 e. The highest BCUT2D eigenvalue weighted by molar-refractivity contribution is 5.93. The summed E-state index contributed by atoms with van der Waals surface area (Å²) >= 11 is 0. The molecule has 0 radical (unpaired) electrons. The molecule has 0 fully saturated rings. The summed E-state index contributed by atoms with van der Waals surface area (Å²) in [5.74, 6) is -0.651. The minimum absolute atomic E-state index is 0.0406. The number of phenolic OH excluding ortho intramolecular Hbond substituents is 1. The van der Waals surface area contributed by atoms with Gasteiger partial charge in [0.05, 0.1) is 12.4 Å². The second-order valence-electron chi connectivity index (χ2n) is 6.11. The Morgan fingerprint density at radius 1 is 1.00 bits per heavy atom. The summed E-state index contributed by atoms with van der Waals surface area (Å²) in [4.78, 5) is 21.7. The number of benzene rings is 1. The Hall–Kier alpha value is -2.70. The number of amides is 2. The topological polar surface area (TPSA) is 103 Å². The van der Waals surface area contributed by atoms with E-state index in [1.807, 2.05) is 20.8 Å². The molecule has 7 nitrogen and oxygen atoms in total. The molecule has 0 aliphatic carbocycles. The Labute approximate surface area is 135 Å². The lowest BCUT2D eigenvalue weighted by molar-refractivity contribution is -0.119. The van der Waals surface area contributed by atoms with Crippen LogP contribution in [-0.4, -0.2) is 29.4 Å².